The molecule has 130 valence electrons. The van der Waals surface area contributed by atoms with Crippen LogP contribution in [0, 0.1) is 0 Å². The lowest BCUT2D eigenvalue weighted by atomic mass is 10.3. The highest BCUT2D eigenvalue weighted by Crippen LogP contribution is 2.23. The van der Waals surface area contributed by atoms with Gasteiger partial charge in [-0.05, 0) is 26.0 Å². The van der Waals surface area contributed by atoms with Crippen molar-refractivity contribution in [3.63, 3.8) is 0 Å². The van der Waals surface area contributed by atoms with Crippen LogP contribution in [0.4, 0.5) is 0 Å². The van der Waals surface area contributed by atoms with Crippen molar-refractivity contribution >= 4 is 17.2 Å². The number of aromatic nitrogens is 1. The number of piperazine rings is 1. The first-order chi connectivity index (χ1) is 11.6. The Kier molecular flexibility index (Phi) is 5.65. The van der Waals surface area contributed by atoms with Crippen LogP contribution in [0.2, 0.25) is 0 Å². The molecule has 24 heavy (non-hydrogen) atoms. The molecule has 1 aliphatic rings. The molecule has 1 aliphatic heterocycles. The zero-order chi connectivity index (χ0) is 16.9. The predicted molar refractivity (Wildman–Crippen MR) is 94.8 cm³/mol. The van der Waals surface area contributed by atoms with Crippen molar-refractivity contribution in [2.45, 2.75) is 26.4 Å². The first-order valence-corrected chi connectivity index (χ1v) is 9.20. The highest BCUT2D eigenvalue weighted by Gasteiger charge is 2.20. The Hall–Kier alpha value is -1.70. The molecular weight excluding hydrogens is 324 g/mol. The van der Waals surface area contributed by atoms with Crippen molar-refractivity contribution in [2.24, 2.45) is 0 Å². The van der Waals surface area contributed by atoms with Crippen LogP contribution < -0.4 is 5.32 Å². The Labute approximate surface area is 146 Å². The van der Waals surface area contributed by atoms with Crippen molar-refractivity contribution in [3.8, 4) is 11.5 Å². The topological polar surface area (TPSA) is 61.6 Å². The highest BCUT2D eigenvalue weighted by atomic mass is 32.1. The molecule has 0 aliphatic carbocycles. The average Bonchev–Trinajstić information content (AvgIpc) is 3.19. The summed E-state index contributed by atoms with van der Waals surface area (Å²) in [6.45, 7) is 9.09. The number of nitrogens with one attached hydrogen (secondary N) is 1. The Morgan fingerprint density at radius 3 is 2.75 bits per heavy atom. The summed E-state index contributed by atoms with van der Waals surface area (Å²) in [4.78, 5) is 21.1. The van der Waals surface area contributed by atoms with Gasteiger partial charge >= 0.3 is 0 Å². The number of nitrogens with zero attached hydrogens (tertiary/aromatic N) is 3. The lowest BCUT2D eigenvalue weighted by Crippen LogP contribution is -2.49. The smallest absolute Gasteiger partial charge is 0.234 e. The maximum Gasteiger partial charge on any atom is 0.234 e. The average molecular weight is 348 g/mol. The van der Waals surface area contributed by atoms with Crippen LogP contribution in [0.25, 0.3) is 11.5 Å². The molecule has 2 aromatic heterocycles. The maximum atomic E-state index is 11.8. The lowest BCUT2D eigenvalue weighted by Gasteiger charge is -2.33. The Morgan fingerprint density at radius 2 is 2.08 bits per heavy atom. The second kappa shape index (κ2) is 7.92. The summed E-state index contributed by atoms with van der Waals surface area (Å²) in [5.74, 6) is 0.931. The number of hydrogen-bond donors (Lipinski definition) is 1. The molecule has 1 N–H and O–H groups in total. The molecule has 0 radical (unpaired) electrons. The van der Waals surface area contributed by atoms with E-state index in [1.165, 1.54) is 0 Å². The van der Waals surface area contributed by atoms with E-state index < -0.39 is 0 Å². The van der Waals surface area contributed by atoms with Gasteiger partial charge in [0.15, 0.2) is 5.76 Å². The third-order valence-corrected chi connectivity index (χ3v) is 4.80. The van der Waals surface area contributed by atoms with Crippen molar-refractivity contribution in [1.82, 2.24) is 20.1 Å². The third kappa shape index (κ3) is 4.66. The van der Waals surface area contributed by atoms with E-state index in [1.54, 1.807) is 17.6 Å². The van der Waals surface area contributed by atoms with E-state index in [2.05, 4.69) is 20.1 Å². The molecule has 6 nitrogen and oxygen atoms in total. The van der Waals surface area contributed by atoms with Crippen LogP contribution in [0.3, 0.4) is 0 Å². The second-order valence-electron chi connectivity index (χ2n) is 6.38. The molecule has 3 rings (SSSR count). The number of furan rings is 1. The SMILES string of the molecule is CC(C)NC(=O)CN1CCN(Cc2nc(-c3ccco3)cs2)CC1. The minimum atomic E-state index is 0.112. The van der Waals surface area contributed by atoms with Gasteiger partial charge in [-0.2, -0.15) is 0 Å². The summed E-state index contributed by atoms with van der Waals surface area (Å²) < 4.78 is 5.39. The number of carbonyl (C=O) groups is 1. The zero-order valence-electron chi connectivity index (χ0n) is 14.2. The number of thiazole rings is 1. The van der Waals surface area contributed by atoms with E-state index >= 15 is 0 Å². The van der Waals surface area contributed by atoms with Gasteiger partial charge in [0.25, 0.3) is 0 Å². The first-order valence-electron chi connectivity index (χ1n) is 8.32. The molecule has 7 heteroatoms. The molecular formula is C17H24N4O2S. The molecule has 0 saturated carbocycles. The van der Waals surface area contributed by atoms with E-state index in [9.17, 15) is 4.79 Å². The van der Waals surface area contributed by atoms with Crippen molar-refractivity contribution in [1.29, 1.82) is 0 Å². The number of hydrogen-bond acceptors (Lipinski definition) is 6. The molecule has 1 amide bonds. The van der Waals surface area contributed by atoms with E-state index in [0.29, 0.717) is 6.54 Å². The fourth-order valence-corrected chi connectivity index (χ4v) is 3.61. The normalized spacial score (nSPS) is 16.6. The summed E-state index contributed by atoms with van der Waals surface area (Å²) in [5, 5.41) is 6.09. The minimum absolute atomic E-state index is 0.112. The quantitative estimate of drug-likeness (QED) is 0.866. The number of amides is 1. The monoisotopic (exact) mass is 348 g/mol. The van der Waals surface area contributed by atoms with Gasteiger partial charge in [0.05, 0.1) is 19.4 Å². The van der Waals surface area contributed by atoms with Gasteiger partial charge in [0.1, 0.15) is 10.7 Å². The van der Waals surface area contributed by atoms with Gasteiger partial charge in [-0.3, -0.25) is 14.6 Å². The van der Waals surface area contributed by atoms with Gasteiger partial charge in [-0.15, -0.1) is 11.3 Å². The standard InChI is InChI=1S/C17H24N4O2S/c1-13(2)18-16(22)10-20-5-7-21(8-6-20)11-17-19-14(12-24-17)15-4-3-9-23-15/h3-4,9,12-13H,5-8,10-11H2,1-2H3,(H,18,22). The summed E-state index contributed by atoms with van der Waals surface area (Å²) in [5.41, 5.74) is 0.906. The molecule has 1 fully saturated rings. The summed E-state index contributed by atoms with van der Waals surface area (Å²) >= 11 is 1.67. The lowest BCUT2D eigenvalue weighted by molar-refractivity contribution is -0.123. The van der Waals surface area contributed by atoms with Crippen LogP contribution in [0.1, 0.15) is 18.9 Å². The van der Waals surface area contributed by atoms with Crippen molar-refractivity contribution in [2.75, 3.05) is 32.7 Å². The van der Waals surface area contributed by atoms with E-state index in [0.717, 1.165) is 49.2 Å². The van der Waals surface area contributed by atoms with Crippen LogP contribution >= 0.6 is 11.3 Å². The number of carbonyl (C=O) groups excluding carboxylic acids is 1. The van der Waals surface area contributed by atoms with Crippen LogP contribution in [-0.2, 0) is 11.3 Å². The summed E-state index contributed by atoms with van der Waals surface area (Å²) in [6.07, 6.45) is 1.67. The largest absolute Gasteiger partial charge is 0.463 e. The highest BCUT2D eigenvalue weighted by molar-refractivity contribution is 7.09. The molecule has 0 bridgehead atoms. The first kappa shape index (κ1) is 17.1. The Balaban J connectivity index is 1.45. The van der Waals surface area contributed by atoms with Gasteiger partial charge in [-0.25, -0.2) is 4.98 Å². The van der Waals surface area contributed by atoms with Crippen LogP contribution in [0.15, 0.2) is 28.2 Å². The van der Waals surface area contributed by atoms with Crippen molar-refractivity contribution < 1.29 is 9.21 Å². The Morgan fingerprint density at radius 1 is 1.33 bits per heavy atom. The number of rotatable bonds is 6. The summed E-state index contributed by atoms with van der Waals surface area (Å²) in [6, 6.07) is 4.01. The van der Waals surface area contributed by atoms with Crippen molar-refractivity contribution in [3.05, 3.63) is 28.8 Å². The fourth-order valence-electron chi connectivity index (χ4n) is 2.79. The molecule has 1 saturated heterocycles. The van der Waals surface area contributed by atoms with Gasteiger partial charge in [0.2, 0.25) is 5.91 Å². The molecule has 0 aromatic carbocycles. The van der Waals surface area contributed by atoms with Crippen LogP contribution in [-0.4, -0.2) is 59.5 Å². The van der Waals surface area contributed by atoms with Gasteiger partial charge < -0.3 is 9.73 Å². The van der Waals surface area contributed by atoms with E-state index in [1.807, 2.05) is 31.4 Å². The van der Waals surface area contributed by atoms with Gasteiger partial charge in [-0.1, -0.05) is 0 Å². The van der Waals surface area contributed by atoms with E-state index in [4.69, 9.17) is 4.42 Å². The zero-order valence-corrected chi connectivity index (χ0v) is 15.0. The molecule has 0 atom stereocenters. The predicted octanol–water partition coefficient (Wildman–Crippen LogP) is 2.05. The van der Waals surface area contributed by atoms with Gasteiger partial charge in [0, 0.05) is 37.6 Å². The second-order valence-corrected chi connectivity index (χ2v) is 7.32. The Bertz CT molecular complexity index is 645. The summed E-state index contributed by atoms with van der Waals surface area (Å²) in [7, 11) is 0. The molecule has 2 aromatic rings. The minimum Gasteiger partial charge on any atom is -0.463 e. The van der Waals surface area contributed by atoms with Crippen LogP contribution in [0.5, 0.6) is 0 Å². The maximum absolute atomic E-state index is 11.8. The molecule has 3 heterocycles. The fraction of sp³-hybridized carbons (Fsp3) is 0.529. The third-order valence-electron chi connectivity index (χ3n) is 3.97. The molecule has 0 spiro atoms. The molecule has 0 unspecified atom stereocenters. The van der Waals surface area contributed by atoms with E-state index in [-0.39, 0.29) is 11.9 Å².